The number of likely N-dealkylation sites (tertiary alicyclic amines) is 1. The summed E-state index contributed by atoms with van der Waals surface area (Å²) in [6.07, 6.45) is 4.49. The Bertz CT molecular complexity index is 728. The molecule has 3 rings (SSSR count). The van der Waals surface area contributed by atoms with Crippen molar-refractivity contribution in [2.24, 2.45) is 0 Å². The average Bonchev–Trinajstić information content (AvgIpc) is 3.06. The first-order valence-electron chi connectivity index (χ1n) is 8.56. The number of carbonyl (C=O) groups is 2. The molecule has 1 fully saturated rings. The van der Waals surface area contributed by atoms with Gasteiger partial charge in [-0.1, -0.05) is 18.2 Å². The maximum Gasteiger partial charge on any atom is 0.319 e. The molecule has 3 N–H and O–H groups in total. The first kappa shape index (κ1) is 17.0. The predicted octanol–water partition coefficient (Wildman–Crippen LogP) is 2.53. The summed E-state index contributed by atoms with van der Waals surface area (Å²) in [5.41, 5.74) is 2.11. The molecular weight excluding hydrogens is 318 g/mol. The van der Waals surface area contributed by atoms with Gasteiger partial charge in [-0.2, -0.15) is 5.10 Å². The van der Waals surface area contributed by atoms with E-state index in [0.29, 0.717) is 18.7 Å². The number of aromatic amines is 1. The first-order valence-corrected chi connectivity index (χ1v) is 8.56. The molecular formula is C18H23N5O2. The van der Waals surface area contributed by atoms with Crippen LogP contribution in [0.25, 0.3) is 0 Å². The van der Waals surface area contributed by atoms with Gasteiger partial charge in [0.25, 0.3) is 5.91 Å². The van der Waals surface area contributed by atoms with Gasteiger partial charge < -0.3 is 15.5 Å². The van der Waals surface area contributed by atoms with Crippen LogP contribution in [-0.2, 0) is 0 Å². The Labute approximate surface area is 146 Å². The van der Waals surface area contributed by atoms with Gasteiger partial charge in [0.15, 0.2) is 0 Å². The van der Waals surface area contributed by atoms with Crippen molar-refractivity contribution in [2.75, 3.05) is 18.4 Å². The molecule has 7 nitrogen and oxygen atoms in total. The third kappa shape index (κ3) is 4.17. The highest BCUT2D eigenvalue weighted by Crippen LogP contribution is 2.20. The normalized spacial score (nSPS) is 17.2. The standard InChI is InChI=1S/C18H23N5O2/c1-13-16(12-20-22-13)17(24)23-10-6-5-9-15(23)11-19-18(25)21-14-7-3-2-4-8-14/h2-4,7-8,12,15H,5-6,9-11H2,1H3,(H,20,22)(H2,19,21,25)/t15-/m0/s1. The van der Waals surface area contributed by atoms with E-state index < -0.39 is 0 Å². The second-order valence-electron chi connectivity index (χ2n) is 6.26. The van der Waals surface area contributed by atoms with Crippen molar-refractivity contribution in [1.29, 1.82) is 0 Å². The monoisotopic (exact) mass is 341 g/mol. The molecule has 3 amide bonds. The fourth-order valence-corrected chi connectivity index (χ4v) is 3.11. The van der Waals surface area contributed by atoms with Gasteiger partial charge in [0, 0.05) is 30.5 Å². The number of piperidine rings is 1. The second-order valence-corrected chi connectivity index (χ2v) is 6.26. The lowest BCUT2D eigenvalue weighted by Gasteiger charge is -2.35. The van der Waals surface area contributed by atoms with E-state index in [9.17, 15) is 9.59 Å². The van der Waals surface area contributed by atoms with E-state index in [1.165, 1.54) is 0 Å². The fraction of sp³-hybridized carbons (Fsp3) is 0.389. The Morgan fingerprint density at radius 3 is 2.80 bits per heavy atom. The van der Waals surface area contributed by atoms with Crippen LogP contribution in [0.5, 0.6) is 0 Å². The third-order valence-electron chi connectivity index (χ3n) is 4.48. The Balaban J connectivity index is 1.59. The maximum absolute atomic E-state index is 12.8. The molecule has 1 aliphatic heterocycles. The van der Waals surface area contributed by atoms with E-state index in [0.717, 1.165) is 30.6 Å². The van der Waals surface area contributed by atoms with Crippen molar-refractivity contribution in [3.63, 3.8) is 0 Å². The highest BCUT2D eigenvalue weighted by Gasteiger charge is 2.29. The van der Waals surface area contributed by atoms with Gasteiger partial charge in [-0.15, -0.1) is 0 Å². The SMILES string of the molecule is Cc1[nH]ncc1C(=O)N1CCCC[C@H]1CNC(=O)Nc1ccccc1. The number of nitrogens with one attached hydrogen (secondary N) is 3. The van der Waals surface area contributed by atoms with Crippen LogP contribution in [0.1, 0.15) is 35.3 Å². The topological polar surface area (TPSA) is 90.1 Å². The smallest absolute Gasteiger partial charge is 0.319 e. The number of anilines is 1. The molecule has 2 aromatic rings. The van der Waals surface area contributed by atoms with Gasteiger partial charge in [-0.05, 0) is 38.3 Å². The number of carbonyl (C=O) groups excluding carboxylic acids is 2. The number of para-hydroxylation sites is 1. The molecule has 1 aromatic heterocycles. The summed E-state index contributed by atoms with van der Waals surface area (Å²) in [5.74, 6) is -0.0267. The lowest BCUT2D eigenvalue weighted by Crippen LogP contribution is -2.50. The van der Waals surface area contributed by atoms with Gasteiger partial charge in [0.2, 0.25) is 0 Å². The summed E-state index contributed by atoms with van der Waals surface area (Å²) < 4.78 is 0. The Morgan fingerprint density at radius 2 is 2.08 bits per heavy atom. The zero-order valence-electron chi connectivity index (χ0n) is 14.3. The van der Waals surface area contributed by atoms with Crippen LogP contribution in [0.3, 0.4) is 0 Å². The number of aryl methyl sites for hydroxylation is 1. The van der Waals surface area contributed by atoms with Crippen LogP contribution in [0.15, 0.2) is 36.5 Å². The zero-order valence-corrected chi connectivity index (χ0v) is 14.3. The number of aromatic nitrogens is 2. The molecule has 0 radical (unpaired) electrons. The molecule has 0 aliphatic carbocycles. The molecule has 25 heavy (non-hydrogen) atoms. The lowest BCUT2D eigenvalue weighted by atomic mass is 10.0. The van der Waals surface area contributed by atoms with Crippen LogP contribution < -0.4 is 10.6 Å². The number of amides is 3. The molecule has 0 unspecified atom stereocenters. The maximum atomic E-state index is 12.8. The van der Waals surface area contributed by atoms with Crippen LogP contribution >= 0.6 is 0 Å². The van der Waals surface area contributed by atoms with E-state index >= 15 is 0 Å². The van der Waals surface area contributed by atoms with Gasteiger partial charge in [0.1, 0.15) is 0 Å². The number of benzene rings is 1. The number of hydrogen-bond donors (Lipinski definition) is 3. The largest absolute Gasteiger partial charge is 0.336 e. The van der Waals surface area contributed by atoms with Crippen molar-refractivity contribution in [3.05, 3.63) is 47.8 Å². The quantitative estimate of drug-likeness (QED) is 0.798. The van der Waals surface area contributed by atoms with Gasteiger partial charge >= 0.3 is 6.03 Å². The number of urea groups is 1. The van der Waals surface area contributed by atoms with Gasteiger partial charge in [-0.3, -0.25) is 9.89 Å². The van der Waals surface area contributed by atoms with Crippen LogP contribution in [0.4, 0.5) is 10.5 Å². The predicted molar refractivity (Wildman–Crippen MR) is 95.5 cm³/mol. The minimum atomic E-state index is -0.260. The van der Waals surface area contributed by atoms with Crippen LogP contribution in [0, 0.1) is 6.92 Å². The van der Waals surface area contributed by atoms with E-state index in [-0.39, 0.29) is 18.0 Å². The highest BCUT2D eigenvalue weighted by molar-refractivity contribution is 5.95. The Hall–Kier alpha value is -2.83. The van der Waals surface area contributed by atoms with Crippen molar-refractivity contribution < 1.29 is 9.59 Å². The molecule has 0 saturated carbocycles. The molecule has 2 heterocycles. The minimum Gasteiger partial charge on any atom is -0.336 e. The number of hydrogen-bond acceptors (Lipinski definition) is 3. The summed E-state index contributed by atoms with van der Waals surface area (Å²) in [6.45, 7) is 2.97. The number of rotatable bonds is 4. The lowest BCUT2D eigenvalue weighted by molar-refractivity contribution is 0.0614. The molecule has 1 saturated heterocycles. The molecule has 132 valence electrons. The van der Waals surface area contributed by atoms with Crippen molar-refractivity contribution in [3.8, 4) is 0 Å². The van der Waals surface area contributed by atoms with Gasteiger partial charge in [0.05, 0.1) is 11.8 Å². The van der Waals surface area contributed by atoms with Gasteiger partial charge in [-0.25, -0.2) is 4.79 Å². The van der Waals surface area contributed by atoms with E-state index in [2.05, 4.69) is 20.8 Å². The highest BCUT2D eigenvalue weighted by atomic mass is 16.2. The van der Waals surface area contributed by atoms with Crippen LogP contribution in [0.2, 0.25) is 0 Å². The number of H-pyrrole nitrogens is 1. The van der Waals surface area contributed by atoms with E-state index in [4.69, 9.17) is 0 Å². The summed E-state index contributed by atoms with van der Waals surface area (Å²) in [6, 6.07) is 9.03. The van der Waals surface area contributed by atoms with Crippen molar-refractivity contribution >= 4 is 17.6 Å². The minimum absolute atomic E-state index is 0.00271. The average molecular weight is 341 g/mol. The summed E-state index contributed by atoms with van der Waals surface area (Å²) >= 11 is 0. The molecule has 1 aliphatic rings. The Kier molecular flexibility index (Phi) is 5.33. The number of nitrogens with zero attached hydrogens (tertiary/aromatic N) is 2. The summed E-state index contributed by atoms with van der Waals surface area (Å²) in [5, 5.41) is 12.4. The van der Waals surface area contributed by atoms with Crippen molar-refractivity contribution in [2.45, 2.75) is 32.2 Å². The summed E-state index contributed by atoms with van der Waals surface area (Å²) in [4.78, 5) is 26.7. The molecule has 0 spiro atoms. The van der Waals surface area contributed by atoms with E-state index in [1.54, 1.807) is 6.20 Å². The summed E-state index contributed by atoms with van der Waals surface area (Å²) in [7, 11) is 0. The molecule has 7 heteroatoms. The fourth-order valence-electron chi connectivity index (χ4n) is 3.11. The first-order chi connectivity index (χ1) is 12.1. The third-order valence-corrected chi connectivity index (χ3v) is 4.48. The molecule has 1 atom stereocenters. The van der Waals surface area contributed by atoms with Crippen LogP contribution in [-0.4, -0.2) is 46.2 Å². The Morgan fingerprint density at radius 1 is 1.28 bits per heavy atom. The van der Waals surface area contributed by atoms with E-state index in [1.807, 2.05) is 42.2 Å². The molecule has 1 aromatic carbocycles. The second kappa shape index (κ2) is 7.83. The molecule has 0 bridgehead atoms. The van der Waals surface area contributed by atoms with Crippen molar-refractivity contribution in [1.82, 2.24) is 20.4 Å². The zero-order chi connectivity index (χ0) is 17.6.